The molecule has 1 aromatic heterocycles. The highest BCUT2D eigenvalue weighted by Gasteiger charge is 2.43. The van der Waals surface area contributed by atoms with E-state index in [2.05, 4.69) is 33.4 Å². The third-order valence-electron chi connectivity index (χ3n) is 8.78. The first kappa shape index (κ1) is 25.3. The van der Waals surface area contributed by atoms with Crippen LogP contribution in [0.3, 0.4) is 0 Å². The van der Waals surface area contributed by atoms with Crippen LogP contribution in [-0.2, 0) is 17.8 Å². The van der Waals surface area contributed by atoms with Gasteiger partial charge in [0.1, 0.15) is 5.52 Å². The van der Waals surface area contributed by atoms with E-state index >= 15 is 0 Å². The highest BCUT2D eigenvalue weighted by Crippen LogP contribution is 2.46. The fourth-order valence-corrected chi connectivity index (χ4v) is 6.76. The first-order chi connectivity index (χ1) is 18.8. The molecule has 6 rings (SSSR count). The number of carboxylic acids is 1. The molecule has 1 amide bonds. The van der Waals surface area contributed by atoms with Gasteiger partial charge >= 0.3 is 5.97 Å². The van der Waals surface area contributed by atoms with E-state index in [1.54, 1.807) is 0 Å². The number of carbonyl (C=O) groups excluding carboxylic acids is 1. The van der Waals surface area contributed by atoms with Crippen LogP contribution in [0.2, 0.25) is 0 Å². The van der Waals surface area contributed by atoms with E-state index in [0.29, 0.717) is 0 Å². The SMILES string of the molecule is CCn1nnc2c(C)c([C@H](CC(=O)O)c3ccc4c(c3)[C@H]3CC[C@@H](C4)N3C(=O)c3cc(C)ccc3C)ccc21. The number of carboxylic acid groups (broad SMARTS) is 1. The fourth-order valence-electron chi connectivity index (χ4n) is 6.76. The minimum Gasteiger partial charge on any atom is -0.481 e. The molecule has 0 radical (unpaired) electrons. The van der Waals surface area contributed by atoms with Crippen molar-refractivity contribution < 1.29 is 14.7 Å². The summed E-state index contributed by atoms with van der Waals surface area (Å²) in [5.41, 5.74) is 9.93. The molecule has 2 aliphatic rings. The molecular weight excluding hydrogens is 488 g/mol. The van der Waals surface area contributed by atoms with E-state index in [1.165, 1.54) is 5.56 Å². The lowest BCUT2D eigenvalue weighted by Gasteiger charge is -2.37. The highest BCUT2D eigenvalue weighted by atomic mass is 16.4. The Morgan fingerprint density at radius 1 is 1.05 bits per heavy atom. The summed E-state index contributed by atoms with van der Waals surface area (Å²) in [7, 11) is 0. The fraction of sp³-hybridized carbons (Fsp3) is 0.375. The Kier molecular flexibility index (Phi) is 6.25. The molecule has 0 saturated carbocycles. The second kappa shape index (κ2) is 9.63. The summed E-state index contributed by atoms with van der Waals surface area (Å²) in [4.78, 5) is 28.0. The Bertz CT molecular complexity index is 1620. The van der Waals surface area contributed by atoms with Gasteiger partial charge < -0.3 is 10.0 Å². The molecule has 3 atom stereocenters. The number of hydrogen-bond donors (Lipinski definition) is 1. The van der Waals surface area contributed by atoms with Crippen LogP contribution in [0.4, 0.5) is 0 Å². The van der Waals surface area contributed by atoms with Crippen molar-refractivity contribution in [1.29, 1.82) is 0 Å². The molecule has 0 aliphatic carbocycles. The Hall–Kier alpha value is -4.00. The number of amides is 1. The van der Waals surface area contributed by atoms with E-state index in [4.69, 9.17) is 0 Å². The largest absolute Gasteiger partial charge is 0.481 e. The lowest BCUT2D eigenvalue weighted by molar-refractivity contribution is -0.137. The van der Waals surface area contributed by atoms with Gasteiger partial charge in [-0.1, -0.05) is 47.2 Å². The summed E-state index contributed by atoms with van der Waals surface area (Å²) in [5.74, 6) is -1.07. The molecule has 1 N–H and O–H groups in total. The minimum absolute atomic E-state index is 0.00428. The first-order valence-corrected chi connectivity index (χ1v) is 13.8. The van der Waals surface area contributed by atoms with Crippen LogP contribution in [-0.4, -0.2) is 42.9 Å². The molecule has 1 saturated heterocycles. The van der Waals surface area contributed by atoms with Crippen molar-refractivity contribution in [1.82, 2.24) is 19.9 Å². The van der Waals surface area contributed by atoms with E-state index in [-0.39, 0.29) is 30.3 Å². The molecule has 200 valence electrons. The number of benzene rings is 3. The average molecular weight is 523 g/mol. The molecule has 7 heteroatoms. The number of carbonyl (C=O) groups is 2. The quantitative estimate of drug-likeness (QED) is 0.341. The number of aryl methyl sites for hydroxylation is 4. The molecule has 3 aromatic carbocycles. The zero-order valence-electron chi connectivity index (χ0n) is 22.9. The zero-order valence-corrected chi connectivity index (χ0v) is 22.9. The molecule has 0 unspecified atom stereocenters. The van der Waals surface area contributed by atoms with Crippen LogP contribution < -0.4 is 0 Å². The Morgan fingerprint density at radius 3 is 2.64 bits per heavy atom. The van der Waals surface area contributed by atoms with Gasteiger partial charge in [0.15, 0.2) is 0 Å². The summed E-state index contributed by atoms with van der Waals surface area (Å²) < 4.78 is 1.86. The van der Waals surface area contributed by atoms with Crippen molar-refractivity contribution in [3.05, 3.63) is 93.0 Å². The van der Waals surface area contributed by atoms with Gasteiger partial charge in [-0.3, -0.25) is 9.59 Å². The smallest absolute Gasteiger partial charge is 0.304 e. The van der Waals surface area contributed by atoms with Crippen molar-refractivity contribution in [2.24, 2.45) is 0 Å². The van der Waals surface area contributed by atoms with Gasteiger partial charge in [0.2, 0.25) is 0 Å². The number of nitrogens with zero attached hydrogens (tertiary/aromatic N) is 4. The highest BCUT2D eigenvalue weighted by molar-refractivity contribution is 5.96. The van der Waals surface area contributed by atoms with Crippen molar-refractivity contribution in [3.8, 4) is 0 Å². The standard InChI is InChI=1S/C32H34N4O3/c1-5-35-29-13-11-24(20(4)31(29)33-34-35)26(17-30(37)38)22-9-8-21-15-23-10-12-28(27(21)16-22)36(23)32(39)25-14-18(2)6-7-19(25)3/h6-9,11,13-14,16,23,26,28H,5,10,12,15,17H2,1-4H3,(H,37,38)/t23-,26+,28+/m0/s1. The molecule has 7 nitrogen and oxygen atoms in total. The number of fused-ring (bicyclic) bond motifs is 5. The van der Waals surface area contributed by atoms with Crippen LogP contribution in [0.5, 0.6) is 0 Å². The summed E-state index contributed by atoms with van der Waals surface area (Å²) >= 11 is 0. The van der Waals surface area contributed by atoms with Crippen LogP contribution in [0.25, 0.3) is 11.0 Å². The Morgan fingerprint density at radius 2 is 1.87 bits per heavy atom. The maximum absolute atomic E-state index is 13.9. The molecule has 2 bridgehead atoms. The van der Waals surface area contributed by atoms with Gasteiger partial charge in [0, 0.05) is 24.1 Å². The molecule has 1 fully saturated rings. The summed E-state index contributed by atoms with van der Waals surface area (Å²) in [6.45, 7) is 8.77. The van der Waals surface area contributed by atoms with Gasteiger partial charge in [-0.15, -0.1) is 5.10 Å². The van der Waals surface area contributed by atoms with E-state index < -0.39 is 5.97 Å². The molecule has 4 aromatic rings. The Labute approximate surface area is 228 Å². The summed E-state index contributed by atoms with van der Waals surface area (Å²) in [6, 6.07) is 16.7. The van der Waals surface area contributed by atoms with Crippen molar-refractivity contribution in [2.75, 3.05) is 0 Å². The normalized spacial score (nSPS) is 18.8. The zero-order chi connectivity index (χ0) is 27.4. The number of aromatic nitrogens is 3. The van der Waals surface area contributed by atoms with Crippen molar-refractivity contribution >= 4 is 22.9 Å². The number of rotatable bonds is 6. The number of aliphatic carboxylic acids is 1. The topological polar surface area (TPSA) is 88.3 Å². The van der Waals surface area contributed by atoms with Crippen LogP contribution in [0.1, 0.15) is 87.4 Å². The van der Waals surface area contributed by atoms with Crippen molar-refractivity contribution in [2.45, 2.75) is 77.9 Å². The first-order valence-electron chi connectivity index (χ1n) is 13.8. The van der Waals surface area contributed by atoms with Gasteiger partial charge in [-0.05, 0) is 92.5 Å². The van der Waals surface area contributed by atoms with Crippen molar-refractivity contribution in [3.63, 3.8) is 0 Å². The predicted octanol–water partition coefficient (Wildman–Crippen LogP) is 5.89. The monoisotopic (exact) mass is 522 g/mol. The molecule has 39 heavy (non-hydrogen) atoms. The third kappa shape index (κ3) is 4.20. The van der Waals surface area contributed by atoms with Crippen LogP contribution in [0, 0.1) is 20.8 Å². The molecule has 0 spiro atoms. The lowest BCUT2D eigenvalue weighted by Crippen LogP contribution is -2.42. The average Bonchev–Trinajstić information content (AvgIpc) is 3.49. The molecular formula is C32H34N4O3. The molecule has 3 heterocycles. The van der Waals surface area contributed by atoms with Gasteiger partial charge in [-0.25, -0.2) is 4.68 Å². The third-order valence-corrected chi connectivity index (χ3v) is 8.78. The second-order valence-electron chi connectivity index (χ2n) is 11.1. The van der Waals surface area contributed by atoms with E-state index in [9.17, 15) is 14.7 Å². The van der Waals surface area contributed by atoms with Gasteiger partial charge in [0.25, 0.3) is 5.91 Å². The summed E-state index contributed by atoms with van der Waals surface area (Å²) in [6.07, 6.45) is 2.71. The lowest BCUT2D eigenvalue weighted by atomic mass is 9.82. The maximum atomic E-state index is 13.9. The van der Waals surface area contributed by atoms with E-state index in [0.717, 1.165) is 75.8 Å². The Balaban J connectivity index is 1.41. The number of hydrogen-bond acceptors (Lipinski definition) is 4. The second-order valence-corrected chi connectivity index (χ2v) is 11.1. The van der Waals surface area contributed by atoms with Crippen LogP contribution in [0.15, 0.2) is 48.5 Å². The molecule has 2 aliphatic heterocycles. The minimum atomic E-state index is -0.845. The van der Waals surface area contributed by atoms with Crippen LogP contribution >= 0.6 is 0 Å². The van der Waals surface area contributed by atoms with Gasteiger partial charge in [0.05, 0.1) is 18.0 Å². The maximum Gasteiger partial charge on any atom is 0.304 e. The summed E-state index contributed by atoms with van der Waals surface area (Å²) in [5, 5.41) is 18.6. The van der Waals surface area contributed by atoms with Gasteiger partial charge in [-0.2, -0.15) is 0 Å². The van der Waals surface area contributed by atoms with E-state index in [1.807, 2.05) is 62.7 Å². The predicted molar refractivity (Wildman–Crippen MR) is 150 cm³/mol.